The van der Waals surface area contributed by atoms with Gasteiger partial charge in [-0.1, -0.05) is 74.5 Å². The highest BCUT2D eigenvalue weighted by Gasteiger charge is 2.31. The summed E-state index contributed by atoms with van der Waals surface area (Å²) in [5, 5.41) is 27.2. The standard InChI is InChI=1S/C49H64N10O5/c1-7-59-30-40(38-22-23-51-46-39(38)28-42(54-46)36-15-11-14-34(27-36)29-57(4)5)44(56-59)35-17-19-37(20-18-35)53-49(63)58(6)31-64-25-24-52-47(61)43(26-32(2)3)55-48(62)45(60)41(50)21-16-33-12-9-8-10-13-33/h8-15,17-20,22-23,27-28,32,40-41,43,45,60H,7,16,21,24-26,29-31,50H2,1-6H3,(H,51,54)(H,52,61)(H,53,63)(H,55,62). The monoisotopic (exact) mass is 873 g/mol. The Balaban J connectivity index is 0.983. The molecule has 7 N–H and O–H groups in total. The number of benzene rings is 3. The number of rotatable bonds is 21. The molecule has 0 fully saturated rings. The van der Waals surface area contributed by atoms with Gasteiger partial charge in [0, 0.05) is 68.2 Å². The summed E-state index contributed by atoms with van der Waals surface area (Å²) in [5.74, 6) is -0.976. The molecule has 15 heteroatoms. The fourth-order valence-electron chi connectivity index (χ4n) is 7.84. The first-order valence-corrected chi connectivity index (χ1v) is 22.1. The predicted octanol–water partition coefficient (Wildman–Crippen LogP) is 5.52. The van der Waals surface area contributed by atoms with Gasteiger partial charge in [-0.2, -0.15) is 5.10 Å². The molecule has 3 heterocycles. The molecule has 4 amide bonds. The average molecular weight is 873 g/mol. The zero-order valence-electron chi connectivity index (χ0n) is 37.9. The molecule has 0 radical (unpaired) electrons. The van der Waals surface area contributed by atoms with Gasteiger partial charge in [0.1, 0.15) is 24.5 Å². The number of nitrogens with one attached hydrogen (secondary N) is 4. The second-order valence-corrected chi connectivity index (χ2v) is 17.2. The molecule has 1 aliphatic heterocycles. The molecule has 340 valence electrons. The van der Waals surface area contributed by atoms with Crippen LogP contribution in [0.5, 0.6) is 0 Å². The van der Waals surface area contributed by atoms with Crippen molar-refractivity contribution in [3.8, 4) is 11.3 Å². The van der Waals surface area contributed by atoms with E-state index in [1.165, 1.54) is 10.5 Å². The molecule has 2 aromatic heterocycles. The number of likely N-dealkylation sites (N-methyl/N-ethyl adjacent to an activating group) is 1. The number of nitrogens with zero attached hydrogens (tertiary/aromatic N) is 5. The van der Waals surface area contributed by atoms with Gasteiger partial charge in [0.15, 0.2) is 0 Å². The Morgan fingerprint density at radius 1 is 0.953 bits per heavy atom. The minimum atomic E-state index is -1.46. The molecule has 5 aromatic rings. The molecule has 0 spiro atoms. The van der Waals surface area contributed by atoms with Crippen LogP contribution in [-0.4, -0.2) is 126 Å². The topological polar surface area (TPSA) is 194 Å². The van der Waals surface area contributed by atoms with E-state index in [9.17, 15) is 19.5 Å². The van der Waals surface area contributed by atoms with Gasteiger partial charge < -0.3 is 46.3 Å². The van der Waals surface area contributed by atoms with E-state index in [2.05, 4.69) is 93.2 Å². The van der Waals surface area contributed by atoms with Gasteiger partial charge >= 0.3 is 6.03 Å². The lowest BCUT2D eigenvalue weighted by atomic mass is 9.89. The fraction of sp³-hybridized carbons (Fsp3) is 0.408. The molecule has 4 atom stereocenters. The molecule has 4 unspecified atom stereocenters. The van der Waals surface area contributed by atoms with Gasteiger partial charge in [0.05, 0.1) is 12.3 Å². The van der Waals surface area contributed by atoms with Crippen molar-refractivity contribution in [1.82, 2.24) is 35.4 Å². The van der Waals surface area contributed by atoms with E-state index in [0.717, 1.165) is 64.3 Å². The van der Waals surface area contributed by atoms with Crippen molar-refractivity contribution >= 4 is 40.3 Å². The fourth-order valence-corrected chi connectivity index (χ4v) is 7.84. The molecule has 0 bridgehead atoms. The predicted molar refractivity (Wildman–Crippen MR) is 253 cm³/mol. The summed E-state index contributed by atoms with van der Waals surface area (Å²) < 4.78 is 5.69. The molecule has 0 saturated carbocycles. The number of hydrazone groups is 1. The maximum atomic E-state index is 13.1. The molecular weight excluding hydrogens is 809 g/mol. The van der Waals surface area contributed by atoms with Gasteiger partial charge in [0.2, 0.25) is 5.91 Å². The number of hydrogen-bond donors (Lipinski definition) is 6. The Kier molecular flexibility index (Phi) is 16.6. The van der Waals surface area contributed by atoms with Gasteiger partial charge in [0.25, 0.3) is 5.91 Å². The number of aryl methyl sites for hydroxylation is 1. The van der Waals surface area contributed by atoms with E-state index in [4.69, 9.17) is 15.6 Å². The highest BCUT2D eigenvalue weighted by atomic mass is 16.5. The molecule has 3 aromatic carbocycles. The number of ether oxygens (including phenoxy) is 1. The summed E-state index contributed by atoms with van der Waals surface area (Å²) in [7, 11) is 5.75. The van der Waals surface area contributed by atoms with Crippen LogP contribution in [0.25, 0.3) is 22.3 Å². The number of fused-ring (bicyclic) bond motifs is 1. The lowest BCUT2D eigenvalue weighted by Crippen LogP contribution is -2.54. The minimum absolute atomic E-state index is 0.00899. The Morgan fingerprint density at radius 2 is 1.70 bits per heavy atom. The van der Waals surface area contributed by atoms with Crippen LogP contribution in [0.3, 0.4) is 0 Å². The quantitative estimate of drug-likeness (QED) is 0.0407. The highest BCUT2D eigenvalue weighted by molar-refractivity contribution is 6.08. The average Bonchev–Trinajstić information content (AvgIpc) is 3.93. The first-order valence-electron chi connectivity index (χ1n) is 22.1. The molecule has 64 heavy (non-hydrogen) atoms. The maximum absolute atomic E-state index is 13.1. The van der Waals surface area contributed by atoms with Crippen LogP contribution < -0.4 is 21.7 Å². The summed E-state index contributed by atoms with van der Waals surface area (Å²) in [6.07, 6.45) is 1.79. The van der Waals surface area contributed by atoms with Crippen LogP contribution in [0.2, 0.25) is 0 Å². The molecule has 0 saturated heterocycles. The second kappa shape index (κ2) is 22.5. The van der Waals surface area contributed by atoms with E-state index in [-0.39, 0.29) is 37.7 Å². The Labute approximate surface area is 376 Å². The smallest absolute Gasteiger partial charge is 0.323 e. The van der Waals surface area contributed by atoms with Crippen LogP contribution in [0.4, 0.5) is 10.5 Å². The zero-order valence-corrected chi connectivity index (χ0v) is 37.9. The number of anilines is 1. The van der Waals surface area contributed by atoms with E-state index < -0.39 is 30.0 Å². The largest absolute Gasteiger partial charge is 0.382 e. The number of nitrogens with two attached hydrogens (primary N) is 1. The lowest BCUT2D eigenvalue weighted by molar-refractivity contribution is -0.135. The number of hydrogen-bond acceptors (Lipinski definition) is 10. The first-order chi connectivity index (χ1) is 30.8. The molecule has 0 aliphatic carbocycles. The summed E-state index contributed by atoms with van der Waals surface area (Å²) in [4.78, 5) is 50.9. The van der Waals surface area contributed by atoms with E-state index >= 15 is 0 Å². The van der Waals surface area contributed by atoms with E-state index in [1.807, 2.05) is 74.6 Å². The molecule has 6 rings (SSSR count). The molecule has 1 aliphatic rings. The third-order valence-corrected chi connectivity index (χ3v) is 11.2. The highest BCUT2D eigenvalue weighted by Crippen LogP contribution is 2.35. The van der Waals surface area contributed by atoms with Crippen molar-refractivity contribution < 1.29 is 24.2 Å². The first kappa shape index (κ1) is 47.4. The van der Waals surface area contributed by atoms with Crippen molar-refractivity contribution in [2.45, 2.75) is 70.7 Å². The van der Waals surface area contributed by atoms with Gasteiger partial charge in [-0.05, 0) is 104 Å². The SMILES string of the molecule is CCN1CC(c2ccnc3[nH]c(-c4cccc(CN(C)C)c4)cc23)C(c2ccc(NC(=O)N(C)COCCNC(=O)C(CC(C)C)NC(=O)C(O)C(N)CCc3ccccc3)cc2)=N1. The molecule has 15 nitrogen and oxygen atoms in total. The number of urea groups is 1. The van der Waals surface area contributed by atoms with E-state index in [1.54, 1.807) is 7.05 Å². The maximum Gasteiger partial charge on any atom is 0.323 e. The van der Waals surface area contributed by atoms with E-state index in [0.29, 0.717) is 24.9 Å². The Morgan fingerprint density at radius 3 is 2.42 bits per heavy atom. The number of aromatic amines is 1. The van der Waals surface area contributed by atoms with Crippen LogP contribution in [-0.2, 0) is 27.3 Å². The number of carbonyl (C=O) groups is 3. The number of carbonyl (C=O) groups excluding carboxylic acids is 3. The third kappa shape index (κ3) is 12.7. The van der Waals surface area contributed by atoms with Crippen LogP contribution in [0.1, 0.15) is 61.8 Å². The number of H-pyrrole nitrogens is 1. The van der Waals surface area contributed by atoms with Crippen LogP contribution in [0.15, 0.2) is 102 Å². The third-order valence-electron chi connectivity index (χ3n) is 11.2. The van der Waals surface area contributed by atoms with Crippen LogP contribution in [0, 0.1) is 5.92 Å². The molecular formula is C49H64N10O5. The number of aromatic nitrogens is 2. The summed E-state index contributed by atoms with van der Waals surface area (Å²) in [6, 6.07) is 28.2. The van der Waals surface area contributed by atoms with Crippen LogP contribution >= 0.6 is 0 Å². The van der Waals surface area contributed by atoms with Gasteiger partial charge in [-0.25, -0.2) is 9.78 Å². The summed E-state index contributed by atoms with van der Waals surface area (Å²) in [5.41, 5.74) is 15.1. The Hall–Kier alpha value is -6.13. The number of amides is 4. The number of pyridine rings is 1. The summed E-state index contributed by atoms with van der Waals surface area (Å²) in [6.45, 7) is 8.61. The summed E-state index contributed by atoms with van der Waals surface area (Å²) >= 11 is 0. The lowest BCUT2D eigenvalue weighted by Gasteiger charge is -2.24. The zero-order chi connectivity index (χ0) is 45.8. The van der Waals surface area contributed by atoms with Gasteiger partial charge in [-0.15, -0.1) is 0 Å². The van der Waals surface area contributed by atoms with Gasteiger partial charge in [-0.3, -0.25) is 14.6 Å². The van der Waals surface area contributed by atoms with Crippen molar-refractivity contribution in [1.29, 1.82) is 0 Å². The minimum Gasteiger partial charge on any atom is -0.382 e. The van der Waals surface area contributed by atoms with Crippen molar-refractivity contribution in [2.75, 3.05) is 59.4 Å². The normalized spacial score (nSPS) is 15.2. The van der Waals surface area contributed by atoms with Crippen molar-refractivity contribution in [3.63, 3.8) is 0 Å². The Bertz CT molecular complexity index is 2350. The van der Waals surface area contributed by atoms with Crippen molar-refractivity contribution in [3.05, 3.63) is 119 Å². The number of aliphatic hydroxyl groups excluding tert-OH is 1. The second-order valence-electron chi connectivity index (χ2n) is 17.2. The van der Waals surface area contributed by atoms with Crippen molar-refractivity contribution in [2.24, 2.45) is 16.8 Å². The number of aliphatic hydroxyl groups is 1.